The van der Waals surface area contributed by atoms with Gasteiger partial charge in [-0.05, 0) is 52.5 Å². The van der Waals surface area contributed by atoms with E-state index in [4.69, 9.17) is 4.74 Å². The summed E-state index contributed by atoms with van der Waals surface area (Å²) < 4.78 is 6.13. The second-order valence-corrected chi connectivity index (χ2v) is 6.24. The molecule has 19 heavy (non-hydrogen) atoms. The molecule has 1 N–H and O–H groups in total. The number of hydrogen-bond acceptors (Lipinski definition) is 2. The first-order valence-corrected chi connectivity index (χ1v) is 7.04. The third kappa shape index (κ3) is 5.42. The molecule has 1 saturated carbocycles. The van der Waals surface area contributed by atoms with Crippen LogP contribution in [-0.2, 0) is 6.54 Å². The van der Waals surface area contributed by atoms with Crippen molar-refractivity contribution in [2.45, 2.75) is 64.6 Å². The fourth-order valence-corrected chi connectivity index (χ4v) is 2.31. The molecule has 0 aliphatic heterocycles. The molecular weight excluding hydrogens is 258 g/mol. The molecule has 1 aromatic rings. The molecule has 108 valence electrons. The molecule has 1 aromatic carbocycles. The number of nitrogens with one attached hydrogen (secondary N) is 1. The molecule has 0 aromatic heterocycles. The second-order valence-electron chi connectivity index (χ2n) is 6.24. The maximum Gasteiger partial charge on any atom is 0.124 e. The number of ether oxygens (including phenoxy) is 1. The summed E-state index contributed by atoms with van der Waals surface area (Å²) in [5.74, 6) is 1.06. The summed E-state index contributed by atoms with van der Waals surface area (Å²) in [5, 5.41) is 3.52. The molecule has 0 saturated heterocycles. The lowest BCUT2D eigenvalue weighted by molar-refractivity contribution is 0.207. The fourth-order valence-electron chi connectivity index (χ4n) is 2.31. The highest BCUT2D eigenvalue weighted by Gasteiger charge is 2.18. The monoisotopic (exact) mass is 283 g/mol. The smallest absolute Gasteiger partial charge is 0.124 e. The van der Waals surface area contributed by atoms with Crippen LogP contribution in [-0.4, -0.2) is 11.6 Å². The van der Waals surface area contributed by atoms with Crippen molar-refractivity contribution in [2.24, 2.45) is 0 Å². The topological polar surface area (TPSA) is 21.3 Å². The minimum atomic E-state index is 0. The Morgan fingerprint density at radius 2 is 1.79 bits per heavy atom. The Kier molecular flexibility index (Phi) is 6.15. The van der Waals surface area contributed by atoms with Crippen LogP contribution < -0.4 is 10.1 Å². The summed E-state index contributed by atoms with van der Waals surface area (Å²) in [7, 11) is 0. The Hall–Kier alpha value is -0.730. The van der Waals surface area contributed by atoms with Crippen molar-refractivity contribution in [1.29, 1.82) is 0 Å². The highest BCUT2D eigenvalue weighted by molar-refractivity contribution is 5.85. The van der Waals surface area contributed by atoms with Gasteiger partial charge in [0.2, 0.25) is 0 Å². The van der Waals surface area contributed by atoms with E-state index in [0.717, 1.165) is 12.3 Å². The van der Waals surface area contributed by atoms with Crippen molar-refractivity contribution < 1.29 is 4.74 Å². The molecule has 0 atom stereocenters. The van der Waals surface area contributed by atoms with Crippen molar-refractivity contribution in [3.8, 4) is 5.75 Å². The molecule has 1 fully saturated rings. The SMILES string of the molecule is CC(C)(C)NCc1ccccc1OC1CCCC1.Cl. The Balaban J connectivity index is 0.00000180. The maximum absolute atomic E-state index is 6.13. The molecule has 0 amide bonds. The predicted molar refractivity (Wildman–Crippen MR) is 83.2 cm³/mol. The fraction of sp³-hybridized carbons (Fsp3) is 0.625. The van der Waals surface area contributed by atoms with Crippen LogP contribution in [0.4, 0.5) is 0 Å². The van der Waals surface area contributed by atoms with Gasteiger partial charge in [0.25, 0.3) is 0 Å². The van der Waals surface area contributed by atoms with Crippen molar-refractivity contribution in [2.75, 3.05) is 0 Å². The molecule has 0 radical (unpaired) electrons. The van der Waals surface area contributed by atoms with E-state index in [1.807, 2.05) is 0 Å². The van der Waals surface area contributed by atoms with Crippen molar-refractivity contribution in [3.05, 3.63) is 29.8 Å². The van der Waals surface area contributed by atoms with E-state index in [2.05, 4.69) is 50.4 Å². The van der Waals surface area contributed by atoms with Crippen LogP contribution in [0.15, 0.2) is 24.3 Å². The Bertz CT molecular complexity index is 381. The lowest BCUT2D eigenvalue weighted by Gasteiger charge is -2.22. The second kappa shape index (κ2) is 7.16. The lowest BCUT2D eigenvalue weighted by Crippen LogP contribution is -2.35. The number of benzene rings is 1. The van der Waals surface area contributed by atoms with Gasteiger partial charge in [-0.25, -0.2) is 0 Å². The standard InChI is InChI=1S/C16H25NO.ClH/c1-16(2,3)17-12-13-8-4-7-11-15(13)18-14-9-5-6-10-14;/h4,7-8,11,14,17H,5-6,9-10,12H2,1-3H3;1H. The quantitative estimate of drug-likeness (QED) is 0.889. The van der Waals surface area contributed by atoms with Crippen LogP contribution in [0.1, 0.15) is 52.0 Å². The Morgan fingerprint density at radius 1 is 1.16 bits per heavy atom. The van der Waals surface area contributed by atoms with Crippen LogP contribution in [0, 0.1) is 0 Å². The molecule has 0 spiro atoms. The van der Waals surface area contributed by atoms with E-state index in [9.17, 15) is 0 Å². The van der Waals surface area contributed by atoms with Crippen LogP contribution in [0.2, 0.25) is 0 Å². The molecule has 1 aliphatic rings. The summed E-state index contributed by atoms with van der Waals surface area (Å²) in [6, 6.07) is 8.40. The zero-order valence-corrected chi connectivity index (χ0v) is 13.1. The molecule has 2 rings (SSSR count). The average molecular weight is 284 g/mol. The first kappa shape index (κ1) is 16.3. The van der Waals surface area contributed by atoms with Crippen molar-refractivity contribution in [3.63, 3.8) is 0 Å². The predicted octanol–water partition coefficient (Wildman–Crippen LogP) is 4.32. The van der Waals surface area contributed by atoms with Crippen molar-refractivity contribution in [1.82, 2.24) is 5.32 Å². The number of rotatable bonds is 4. The normalized spacial score (nSPS) is 16.2. The molecular formula is C16H26ClNO. The summed E-state index contributed by atoms with van der Waals surface area (Å²) in [6.45, 7) is 7.43. The van der Waals surface area contributed by atoms with E-state index < -0.39 is 0 Å². The van der Waals surface area contributed by atoms with E-state index in [1.54, 1.807) is 0 Å². The molecule has 2 nitrogen and oxygen atoms in total. The minimum Gasteiger partial charge on any atom is -0.490 e. The van der Waals surface area contributed by atoms with Crippen molar-refractivity contribution >= 4 is 12.4 Å². The van der Waals surface area contributed by atoms with Crippen LogP contribution in [0.25, 0.3) is 0 Å². The molecule has 0 heterocycles. The molecule has 3 heteroatoms. The first-order chi connectivity index (χ1) is 8.54. The van der Waals surface area contributed by atoms with Crippen LogP contribution in [0.3, 0.4) is 0 Å². The van der Waals surface area contributed by atoms with Gasteiger partial charge in [0.1, 0.15) is 5.75 Å². The van der Waals surface area contributed by atoms with Gasteiger partial charge in [0, 0.05) is 17.6 Å². The molecule has 0 unspecified atom stereocenters. The van der Waals surface area contributed by atoms with Gasteiger partial charge in [-0.15, -0.1) is 12.4 Å². The van der Waals surface area contributed by atoms with Crippen LogP contribution in [0.5, 0.6) is 5.75 Å². The molecule has 1 aliphatic carbocycles. The largest absolute Gasteiger partial charge is 0.490 e. The zero-order valence-electron chi connectivity index (χ0n) is 12.2. The summed E-state index contributed by atoms with van der Waals surface area (Å²) in [5.41, 5.74) is 1.40. The van der Waals surface area contributed by atoms with Crippen LogP contribution >= 0.6 is 12.4 Å². The van der Waals surface area contributed by atoms with E-state index >= 15 is 0 Å². The summed E-state index contributed by atoms with van der Waals surface area (Å²) in [4.78, 5) is 0. The van der Waals surface area contributed by atoms with Gasteiger partial charge in [-0.3, -0.25) is 0 Å². The van der Waals surface area contributed by atoms with E-state index in [0.29, 0.717) is 6.10 Å². The maximum atomic E-state index is 6.13. The summed E-state index contributed by atoms with van der Waals surface area (Å²) in [6.07, 6.45) is 5.48. The molecule has 0 bridgehead atoms. The highest BCUT2D eigenvalue weighted by atomic mass is 35.5. The lowest BCUT2D eigenvalue weighted by atomic mass is 10.1. The highest BCUT2D eigenvalue weighted by Crippen LogP contribution is 2.26. The van der Waals surface area contributed by atoms with Gasteiger partial charge < -0.3 is 10.1 Å². The summed E-state index contributed by atoms with van der Waals surface area (Å²) >= 11 is 0. The van der Waals surface area contributed by atoms with E-state index in [-0.39, 0.29) is 17.9 Å². The zero-order chi connectivity index (χ0) is 13.0. The first-order valence-electron chi connectivity index (χ1n) is 7.04. The van der Waals surface area contributed by atoms with Gasteiger partial charge in [-0.1, -0.05) is 18.2 Å². The number of halogens is 1. The van der Waals surface area contributed by atoms with Gasteiger partial charge in [0.15, 0.2) is 0 Å². The Labute approximate surface area is 123 Å². The van der Waals surface area contributed by atoms with Gasteiger partial charge >= 0.3 is 0 Å². The average Bonchev–Trinajstić information content (AvgIpc) is 2.80. The number of para-hydroxylation sites is 1. The third-order valence-electron chi connectivity index (χ3n) is 3.38. The third-order valence-corrected chi connectivity index (χ3v) is 3.38. The van der Waals surface area contributed by atoms with E-state index in [1.165, 1.54) is 31.2 Å². The minimum absolute atomic E-state index is 0. The Morgan fingerprint density at radius 3 is 2.42 bits per heavy atom. The van der Waals surface area contributed by atoms with Gasteiger partial charge in [0.05, 0.1) is 6.10 Å². The van der Waals surface area contributed by atoms with Gasteiger partial charge in [-0.2, -0.15) is 0 Å². The number of hydrogen-bond donors (Lipinski definition) is 1.